The van der Waals surface area contributed by atoms with Crippen molar-refractivity contribution < 1.29 is 0 Å². The van der Waals surface area contributed by atoms with Crippen LogP contribution in [-0.4, -0.2) is 25.5 Å². The van der Waals surface area contributed by atoms with Gasteiger partial charge in [0.2, 0.25) is 0 Å². The molecule has 0 aromatic heterocycles. The number of likely N-dealkylation sites (N-methyl/N-ethyl adjacent to an activating group) is 1. The van der Waals surface area contributed by atoms with E-state index in [2.05, 4.69) is 65.9 Å². The number of halogens is 1. The van der Waals surface area contributed by atoms with Gasteiger partial charge in [0, 0.05) is 15.5 Å². The van der Waals surface area contributed by atoms with Gasteiger partial charge in [-0.1, -0.05) is 12.1 Å². The monoisotopic (exact) mass is 301 g/mol. The van der Waals surface area contributed by atoms with Crippen LogP contribution in [0.4, 0.5) is 0 Å². The first-order chi connectivity index (χ1) is 6.62. The standard InChI is InChI=1S/C12H16IN/c1-14(2)9-12(7-8-12)10-3-5-11(13)6-4-10/h3-6H,7-9H2,1-2H3. The summed E-state index contributed by atoms with van der Waals surface area (Å²) in [5, 5.41) is 0. The first kappa shape index (κ1) is 10.4. The molecule has 0 saturated heterocycles. The molecule has 0 aliphatic heterocycles. The fourth-order valence-electron chi connectivity index (χ4n) is 2.10. The lowest BCUT2D eigenvalue weighted by Crippen LogP contribution is -2.25. The normalized spacial score (nSPS) is 18.6. The maximum atomic E-state index is 2.36. The van der Waals surface area contributed by atoms with E-state index in [0.717, 1.165) is 0 Å². The van der Waals surface area contributed by atoms with Crippen molar-refractivity contribution in [1.29, 1.82) is 0 Å². The van der Waals surface area contributed by atoms with E-state index in [-0.39, 0.29) is 0 Å². The highest BCUT2D eigenvalue weighted by atomic mass is 127. The van der Waals surface area contributed by atoms with E-state index in [1.165, 1.54) is 28.5 Å². The fraction of sp³-hybridized carbons (Fsp3) is 0.500. The Morgan fingerprint density at radius 2 is 1.79 bits per heavy atom. The van der Waals surface area contributed by atoms with Crippen LogP contribution in [0.5, 0.6) is 0 Å². The average Bonchev–Trinajstić information content (AvgIpc) is 2.85. The van der Waals surface area contributed by atoms with Crippen molar-refractivity contribution in [3.8, 4) is 0 Å². The molecule has 0 radical (unpaired) electrons. The highest BCUT2D eigenvalue weighted by Crippen LogP contribution is 2.48. The Kier molecular flexibility index (Phi) is 2.84. The summed E-state index contributed by atoms with van der Waals surface area (Å²) >= 11 is 2.36. The van der Waals surface area contributed by atoms with Crippen molar-refractivity contribution >= 4 is 22.6 Å². The summed E-state index contributed by atoms with van der Waals surface area (Å²) in [7, 11) is 4.32. The van der Waals surface area contributed by atoms with Crippen molar-refractivity contribution in [2.45, 2.75) is 18.3 Å². The van der Waals surface area contributed by atoms with E-state index in [1.807, 2.05) is 0 Å². The fourth-order valence-corrected chi connectivity index (χ4v) is 2.46. The SMILES string of the molecule is CN(C)CC1(c2ccc(I)cc2)CC1. The molecule has 0 heterocycles. The lowest BCUT2D eigenvalue weighted by molar-refractivity contribution is 0.362. The summed E-state index contributed by atoms with van der Waals surface area (Å²) in [6, 6.07) is 9.01. The summed E-state index contributed by atoms with van der Waals surface area (Å²) in [6.07, 6.45) is 2.71. The summed E-state index contributed by atoms with van der Waals surface area (Å²) in [5.41, 5.74) is 2.00. The predicted molar refractivity (Wildman–Crippen MR) is 68.6 cm³/mol. The maximum absolute atomic E-state index is 2.36. The minimum atomic E-state index is 0.480. The van der Waals surface area contributed by atoms with Crippen LogP contribution in [0.25, 0.3) is 0 Å². The second-order valence-corrected chi connectivity index (χ2v) is 5.77. The first-order valence-electron chi connectivity index (χ1n) is 5.03. The summed E-state index contributed by atoms with van der Waals surface area (Å²) in [4.78, 5) is 2.30. The van der Waals surface area contributed by atoms with Crippen molar-refractivity contribution in [1.82, 2.24) is 4.90 Å². The smallest absolute Gasteiger partial charge is 0.0130 e. The van der Waals surface area contributed by atoms with E-state index in [9.17, 15) is 0 Å². The molecule has 0 bridgehead atoms. The predicted octanol–water partition coefficient (Wildman–Crippen LogP) is 2.88. The van der Waals surface area contributed by atoms with Crippen LogP contribution in [0.3, 0.4) is 0 Å². The lowest BCUT2D eigenvalue weighted by Gasteiger charge is -2.20. The van der Waals surface area contributed by atoms with Crippen molar-refractivity contribution in [3.63, 3.8) is 0 Å². The minimum absolute atomic E-state index is 0.480. The first-order valence-corrected chi connectivity index (χ1v) is 6.11. The molecule has 0 unspecified atom stereocenters. The average molecular weight is 301 g/mol. The van der Waals surface area contributed by atoms with Gasteiger partial charge in [-0.3, -0.25) is 0 Å². The van der Waals surface area contributed by atoms with Crippen LogP contribution in [0.15, 0.2) is 24.3 Å². The molecule has 14 heavy (non-hydrogen) atoms. The topological polar surface area (TPSA) is 3.24 Å². The molecule has 1 aromatic carbocycles. The van der Waals surface area contributed by atoms with Gasteiger partial charge >= 0.3 is 0 Å². The van der Waals surface area contributed by atoms with Gasteiger partial charge in [-0.2, -0.15) is 0 Å². The number of nitrogens with zero attached hydrogens (tertiary/aromatic N) is 1. The van der Waals surface area contributed by atoms with Crippen LogP contribution in [0, 0.1) is 3.57 Å². The molecular weight excluding hydrogens is 285 g/mol. The second-order valence-electron chi connectivity index (χ2n) is 4.53. The zero-order chi connectivity index (χ0) is 10.2. The highest BCUT2D eigenvalue weighted by Gasteiger charge is 2.44. The largest absolute Gasteiger partial charge is 0.309 e. The molecule has 1 nitrogen and oxygen atoms in total. The van der Waals surface area contributed by atoms with Crippen molar-refractivity contribution in [2.75, 3.05) is 20.6 Å². The molecule has 1 fully saturated rings. The van der Waals surface area contributed by atoms with Gasteiger partial charge in [0.15, 0.2) is 0 Å². The van der Waals surface area contributed by atoms with Gasteiger partial charge in [0.1, 0.15) is 0 Å². The molecule has 1 aliphatic rings. The molecule has 0 atom stereocenters. The Bertz CT molecular complexity index is 312. The van der Waals surface area contributed by atoms with Gasteiger partial charge in [0.05, 0.1) is 0 Å². The Hall–Kier alpha value is -0.0900. The van der Waals surface area contributed by atoms with Gasteiger partial charge in [-0.15, -0.1) is 0 Å². The van der Waals surface area contributed by atoms with E-state index >= 15 is 0 Å². The minimum Gasteiger partial charge on any atom is -0.309 e. The van der Waals surface area contributed by atoms with Crippen LogP contribution in [0.2, 0.25) is 0 Å². The second kappa shape index (κ2) is 3.81. The number of rotatable bonds is 3. The maximum Gasteiger partial charge on any atom is 0.0130 e. The Morgan fingerprint density at radius 3 is 2.21 bits per heavy atom. The van der Waals surface area contributed by atoms with Crippen LogP contribution >= 0.6 is 22.6 Å². The molecule has 2 heteroatoms. The Labute approximate surface area is 99.6 Å². The Balaban J connectivity index is 2.18. The molecule has 0 spiro atoms. The molecular formula is C12H16IN. The number of benzene rings is 1. The summed E-state index contributed by atoms with van der Waals surface area (Å²) in [5.74, 6) is 0. The van der Waals surface area contributed by atoms with Crippen LogP contribution in [0.1, 0.15) is 18.4 Å². The molecule has 0 amide bonds. The third-order valence-corrected chi connectivity index (χ3v) is 3.65. The van der Waals surface area contributed by atoms with Gasteiger partial charge < -0.3 is 4.90 Å². The van der Waals surface area contributed by atoms with Crippen LogP contribution in [-0.2, 0) is 5.41 Å². The molecule has 0 N–H and O–H groups in total. The zero-order valence-corrected chi connectivity index (χ0v) is 10.9. The molecule has 2 rings (SSSR count). The van der Waals surface area contributed by atoms with Gasteiger partial charge in [-0.05, 0) is 67.2 Å². The lowest BCUT2D eigenvalue weighted by atomic mass is 9.96. The number of hydrogen-bond donors (Lipinski definition) is 0. The van der Waals surface area contributed by atoms with Crippen LogP contribution < -0.4 is 0 Å². The molecule has 1 aromatic rings. The highest BCUT2D eigenvalue weighted by molar-refractivity contribution is 14.1. The third-order valence-electron chi connectivity index (χ3n) is 2.93. The quantitative estimate of drug-likeness (QED) is 0.776. The number of hydrogen-bond acceptors (Lipinski definition) is 1. The van der Waals surface area contributed by atoms with Crippen molar-refractivity contribution in [2.24, 2.45) is 0 Å². The van der Waals surface area contributed by atoms with Gasteiger partial charge in [-0.25, -0.2) is 0 Å². The summed E-state index contributed by atoms with van der Waals surface area (Å²) in [6.45, 7) is 1.19. The van der Waals surface area contributed by atoms with E-state index in [4.69, 9.17) is 0 Å². The van der Waals surface area contributed by atoms with E-state index in [1.54, 1.807) is 0 Å². The summed E-state index contributed by atoms with van der Waals surface area (Å²) < 4.78 is 1.33. The molecule has 1 aliphatic carbocycles. The van der Waals surface area contributed by atoms with E-state index < -0.39 is 0 Å². The third kappa shape index (κ3) is 2.11. The van der Waals surface area contributed by atoms with Crippen molar-refractivity contribution in [3.05, 3.63) is 33.4 Å². The van der Waals surface area contributed by atoms with E-state index in [0.29, 0.717) is 5.41 Å². The Morgan fingerprint density at radius 1 is 1.21 bits per heavy atom. The van der Waals surface area contributed by atoms with Gasteiger partial charge in [0.25, 0.3) is 0 Å². The zero-order valence-electron chi connectivity index (χ0n) is 8.76. The molecule has 76 valence electrons. The molecule has 1 saturated carbocycles.